The Morgan fingerprint density at radius 3 is 2.19 bits per heavy atom. The van der Waals surface area contributed by atoms with Crippen molar-refractivity contribution >= 4 is 22.5 Å². The van der Waals surface area contributed by atoms with E-state index in [4.69, 9.17) is 4.98 Å². The minimum atomic E-state index is -0.485. The van der Waals surface area contributed by atoms with Gasteiger partial charge in [-0.2, -0.15) is 10.1 Å². The van der Waals surface area contributed by atoms with E-state index in [-0.39, 0.29) is 28.5 Å². The number of aromatic amines is 1. The Balaban J connectivity index is 1.67. The number of fused-ring (bicyclic) bond motifs is 2. The zero-order chi connectivity index (χ0) is 25.7. The molecular formula is C28H20N6O3. The van der Waals surface area contributed by atoms with Crippen LogP contribution in [-0.4, -0.2) is 29.5 Å². The number of aryl methyl sites for hydroxylation is 2. The van der Waals surface area contributed by atoms with Gasteiger partial charge >= 0.3 is 0 Å². The summed E-state index contributed by atoms with van der Waals surface area (Å²) >= 11 is 0. The number of hydrogen-bond donors (Lipinski definition) is 1. The standard InChI is InChI=1S/C28H20N6O3/c1-16-6-10-18(11-7-16)22-15-23(19-12-8-17(2)9-13-19)29-25-24(22)27(35)33-26(31-32-28(33)30-25)20-4-3-5-21(14-20)34(36)37/h3-15H,1-2H3,(H,29,30,32). The fraction of sp³-hybridized carbons (Fsp3) is 0.0714. The molecule has 0 spiro atoms. The van der Waals surface area contributed by atoms with Crippen molar-refractivity contribution in [1.82, 2.24) is 24.6 Å². The van der Waals surface area contributed by atoms with E-state index in [1.165, 1.54) is 16.5 Å². The van der Waals surface area contributed by atoms with E-state index in [0.717, 1.165) is 22.3 Å². The molecule has 0 aliphatic heterocycles. The van der Waals surface area contributed by atoms with Crippen molar-refractivity contribution in [2.24, 2.45) is 0 Å². The number of pyridine rings is 1. The number of non-ortho nitro benzene ring substituents is 1. The van der Waals surface area contributed by atoms with Crippen molar-refractivity contribution < 1.29 is 4.92 Å². The van der Waals surface area contributed by atoms with Gasteiger partial charge in [-0.3, -0.25) is 14.9 Å². The van der Waals surface area contributed by atoms with E-state index >= 15 is 0 Å². The van der Waals surface area contributed by atoms with E-state index < -0.39 is 4.92 Å². The molecule has 6 aromatic rings. The van der Waals surface area contributed by atoms with Crippen molar-refractivity contribution in [3.8, 4) is 33.8 Å². The summed E-state index contributed by atoms with van der Waals surface area (Å²) in [5.41, 5.74) is 5.62. The van der Waals surface area contributed by atoms with Crippen molar-refractivity contribution in [2.75, 3.05) is 0 Å². The number of benzene rings is 3. The highest BCUT2D eigenvalue weighted by atomic mass is 16.6. The molecule has 37 heavy (non-hydrogen) atoms. The molecule has 0 fully saturated rings. The largest absolute Gasteiger partial charge is 0.270 e. The van der Waals surface area contributed by atoms with Gasteiger partial charge in [-0.1, -0.05) is 71.8 Å². The van der Waals surface area contributed by atoms with Gasteiger partial charge in [-0.15, -0.1) is 0 Å². The molecule has 0 aliphatic carbocycles. The number of nitro groups is 1. The zero-order valence-corrected chi connectivity index (χ0v) is 20.0. The van der Waals surface area contributed by atoms with Crippen molar-refractivity contribution in [1.29, 1.82) is 0 Å². The predicted molar refractivity (Wildman–Crippen MR) is 141 cm³/mol. The van der Waals surface area contributed by atoms with Crippen LogP contribution in [0.1, 0.15) is 11.1 Å². The van der Waals surface area contributed by atoms with Crippen LogP contribution in [0.25, 0.3) is 50.6 Å². The van der Waals surface area contributed by atoms with E-state index in [0.29, 0.717) is 22.2 Å². The highest BCUT2D eigenvalue weighted by Crippen LogP contribution is 2.31. The van der Waals surface area contributed by atoms with E-state index in [1.54, 1.807) is 12.1 Å². The molecule has 0 aliphatic rings. The summed E-state index contributed by atoms with van der Waals surface area (Å²) in [5.74, 6) is 0.429. The summed E-state index contributed by atoms with van der Waals surface area (Å²) in [6, 6.07) is 23.8. The molecule has 6 rings (SSSR count). The summed E-state index contributed by atoms with van der Waals surface area (Å²) < 4.78 is 1.34. The maximum atomic E-state index is 14.0. The van der Waals surface area contributed by atoms with Crippen molar-refractivity contribution in [3.05, 3.63) is 110 Å². The van der Waals surface area contributed by atoms with Crippen LogP contribution in [0.5, 0.6) is 0 Å². The van der Waals surface area contributed by atoms with Crippen LogP contribution < -0.4 is 5.56 Å². The first kappa shape index (κ1) is 22.3. The first-order chi connectivity index (χ1) is 17.9. The van der Waals surface area contributed by atoms with Crippen LogP contribution in [-0.2, 0) is 0 Å². The first-order valence-electron chi connectivity index (χ1n) is 11.6. The predicted octanol–water partition coefficient (Wildman–Crippen LogP) is 5.49. The number of nitrogens with one attached hydrogen (secondary N) is 1. The molecule has 0 saturated heterocycles. The molecule has 3 aromatic heterocycles. The van der Waals surface area contributed by atoms with Gasteiger partial charge in [-0.05, 0) is 25.5 Å². The topological polar surface area (TPSA) is 119 Å². The third kappa shape index (κ3) is 3.82. The molecule has 0 atom stereocenters. The Hall–Kier alpha value is -5.18. The monoisotopic (exact) mass is 488 g/mol. The molecule has 0 bridgehead atoms. The normalized spacial score (nSPS) is 11.3. The van der Waals surface area contributed by atoms with Crippen LogP contribution in [0.2, 0.25) is 0 Å². The Bertz CT molecular complexity index is 1890. The van der Waals surface area contributed by atoms with E-state index in [2.05, 4.69) is 15.2 Å². The van der Waals surface area contributed by atoms with E-state index in [9.17, 15) is 14.9 Å². The van der Waals surface area contributed by atoms with Crippen LogP contribution in [0.4, 0.5) is 5.69 Å². The Labute approximate surface area is 210 Å². The minimum absolute atomic E-state index is 0.0970. The lowest BCUT2D eigenvalue weighted by atomic mass is 9.99. The number of nitrogens with zero attached hydrogens (tertiary/aromatic N) is 5. The average Bonchev–Trinajstić information content (AvgIpc) is 3.33. The summed E-state index contributed by atoms with van der Waals surface area (Å²) in [7, 11) is 0. The molecule has 9 nitrogen and oxygen atoms in total. The van der Waals surface area contributed by atoms with Crippen LogP contribution in [0.15, 0.2) is 83.7 Å². The molecule has 9 heteroatoms. The lowest BCUT2D eigenvalue weighted by molar-refractivity contribution is -0.384. The Kier molecular flexibility index (Phi) is 5.11. The van der Waals surface area contributed by atoms with Crippen LogP contribution >= 0.6 is 0 Å². The maximum Gasteiger partial charge on any atom is 0.270 e. The second-order valence-corrected chi connectivity index (χ2v) is 8.92. The van der Waals surface area contributed by atoms with Gasteiger partial charge in [0.25, 0.3) is 11.2 Å². The molecule has 3 heterocycles. The summed E-state index contributed by atoms with van der Waals surface area (Å²) in [6.45, 7) is 4.02. The summed E-state index contributed by atoms with van der Waals surface area (Å²) in [5, 5.41) is 18.7. The molecule has 1 N–H and O–H groups in total. The second kappa shape index (κ2) is 8.49. The molecule has 0 unspecified atom stereocenters. The first-order valence-corrected chi connectivity index (χ1v) is 11.6. The van der Waals surface area contributed by atoms with Gasteiger partial charge in [-0.25, -0.2) is 14.5 Å². The van der Waals surface area contributed by atoms with Crippen LogP contribution in [0.3, 0.4) is 0 Å². The number of aromatic nitrogens is 5. The lowest BCUT2D eigenvalue weighted by Gasteiger charge is -2.11. The van der Waals surface area contributed by atoms with Gasteiger partial charge in [0.1, 0.15) is 0 Å². The maximum absolute atomic E-state index is 14.0. The Morgan fingerprint density at radius 1 is 0.838 bits per heavy atom. The van der Waals surface area contributed by atoms with Crippen molar-refractivity contribution in [3.63, 3.8) is 0 Å². The van der Waals surface area contributed by atoms with Gasteiger partial charge in [0, 0.05) is 28.8 Å². The minimum Gasteiger partial charge on any atom is -0.268 e. The van der Waals surface area contributed by atoms with Gasteiger partial charge in [0.2, 0.25) is 5.78 Å². The smallest absolute Gasteiger partial charge is 0.268 e. The van der Waals surface area contributed by atoms with Gasteiger partial charge in [0.05, 0.1) is 16.0 Å². The third-order valence-electron chi connectivity index (χ3n) is 6.34. The van der Waals surface area contributed by atoms with Crippen LogP contribution in [0, 0.1) is 24.0 Å². The van der Waals surface area contributed by atoms with E-state index in [1.807, 2.05) is 68.4 Å². The fourth-order valence-electron chi connectivity index (χ4n) is 4.39. The molecule has 0 radical (unpaired) electrons. The quantitative estimate of drug-likeness (QED) is 0.259. The molecule has 0 saturated carbocycles. The van der Waals surface area contributed by atoms with Crippen molar-refractivity contribution in [2.45, 2.75) is 13.8 Å². The number of H-pyrrole nitrogens is 1. The van der Waals surface area contributed by atoms with Gasteiger partial charge < -0.3 is 0 Å². The molecule has 0 amide bonds. The SMILES string of the molecule is Cc1ccc(-c2cc(-c3ccc(C)cc3)c3c(=O)n4c(-c5cccc([N+](=O)[O-])c5)n[nH]c4nc3n2)cc1. The highest BCUT2D eigenvalue weighted by molar-refractivity contribution is 5.95. The van der Waals surface area contributed by atoms with Gasteiger partial charge in [0.15, 0.2) is 11.5 Å². The number of hydrogen-bond acceptors (Lipinski definition) is 6. The fourth-order valence-corrected chi connectivity index (χ4v) is 4.39. The molecule has 3 aromatic carbocycles. The summed E-state index contributed by atoms with van der Waals surface area (Å²) in [4.78, 5) is 34.2. The molecular weight excluding hydrogens is 468 g/mol. The zero-order valence-electron chi connectivity index (χ0n) is 20.0. The highest BCUT2D eigenvalue weighted by Gasteiger charge is 2.20. The summed E-state index contributed by atoms with van der Waals surface area (Å²) in [6.07, 6.45) is 0. The molecule has 180 valence electrons. The number of nitro benzene ring substituents is 1. The Morgan fingerprint density at radius 2 is 1.51 bits per heavy atom. The average molecular weight is 489 g/mol. The lowest BCUT2D eigenvalue weighted by Crippen LogP contribution is -2.17. The third-order valence-corrected chi connectivity index (χ3v) is 6.34. The number of rotatable bonds is 4. The second-order valence-electron chi connectivity index (χ2n) is 8.92.